The number of carbonyl (C=O) groups excluding carboxylic acids is 1. The fourth-order valence-corrected chi connectivity index (χ4v) is 2.61. The van der Waals surface area contributed by atoms with Crippen molar-refractivity contribution in [2.45, 2.75) is 32.2 Å². The summed E-state index contributed by atoms with van der Waals surface area (Å²) in [5, 5.41) is 6.09. The summed E-state index contributed by atoms with van der Waals surface area (Å²) in [7, 11) is 0. The Morgan fingerprint density at radius 1 is 1.28 bits per heavy atom. The normalized spacial score (nSPS) is 17.2. The molecule has 2 rings (SSSR count). The Balaban J connectivity index is 1.86. The number of nitrogens with one attached hydrogen (secondary N) is 1. The third-order valence-corrected chi connectivity index (χ3v) is 4.03. The van der Waals surface area contributed by atoms with Crippen LogP contribution in [0.5, 0.6) is 0 Å². The Hall–Kier alpha value is -1.68. The van der Waals surface area contributed by atoms with E-state index >= 15 is 0 Å². The highest BCUT2D eigenvalue weighted by atomic mass is 19.3. The molecule has 1 saturated heterocycles. The predicted octanol–water partition coefficient (Wildman–Crippen LogP) is 2.16. The van der Waals surface area contributed by atoms with Gasteiger partial charge in [-0.25, -0.2) is 17.6 Å². The smallest absolute Gasteiger partial charge is 0.282 e. The number of ether oxygens (including phenoxy) is 1. The van der Waals surface area contributed by atoms with E-state index in [0.717, 1.165) is 19.6 Å². The number of halogens is 4. The first-order valence-electron chi connectivity index (χ1n) is 8.13. The third kappa shape index (κ3) is 5.40. The Bertz CT molecular complexity index is 562. The Morgan fingerprint density at radius 3 is 2.56 bits per heavy atom. The molecule has 25 heavy (non-hydrogen) atoms. The topological polar surface area (TPSA) is 59.4 Å². The fraction of sp³-hybridized carbons (Fsp3) is 0.733. The third-order valence-electron chi connectivity index (χ3n) is 4.03. The van der Waals surface area contributed by atoms with Crippen molar-refractivity contribution in [1.82, 2.24) is 20.0 Å². The molecule has 10 heteroatoms. The number of nitrogens with zero attached hydrogens (tertiary/aromatic N) is 3. The van der Waals surface area contributed by atoms with Crippen LogP contribution in [0.1, 0.15) is 43.6 Å². The van der Waals surface area contributed by atoms with Crippen LogP contribution in [0, 0.1) is 0 Å². The van der Waals surface area contributed by atoms with Crippen molar-refractivity contribution < 1.29 is 27.1 Å². The van der Waals surface area contributed by atoms with Gasteiger partial charge in [0.25, 0.3) is 12.9 Å². The minimum atomic E-state index is -2.99. The van der Waals surface area contributed by atoms with Crippen LogP contribution in [-0.2, 0) is 9.53 Å². The zero-order chi connectivity index (χ0) is 18.4. The summed E-state index contributed by atoms with van der Waals surface area (Å²) in [6, 6.07) is -0.461. The molecule has 1 unspecified atom stereocenters. The van der Waals surface area contributed by atoms with Crippen LogP contribution in [0.25, 0.3) is 0 Å². The summed E-state index contributed by atoms with van der Waals surface area (Å²) in [6.07, 6.45) is -5.26. The molecule has 0 spiro atoms. The molecule has 0 aliphatic carbocycles. The van der Waals surface area contributed by atoms with E-state index in [9.17, 15) is 22.4 Å². The molecule has 2 heterocycles. The van der Waals surface area contributed by atoms with Crippen LogP contribution in [0.3, 0.4) is 0 Å². The highest BCUT2D eigenvalue weighted by Crippen LogP contribution is 2.27. The minimum absolute atomic E-state index is 0.369. The standard InChI is InChI=1S/C15H22F4N4O2/c1-10(23-12(14(18)19)9-11(21-23)13(16)17)15(24)20-3-2-4-22-5-7-25-8-6-22/h9-10,13-14H,2-8H2,1H3,(H,20,24). The molecule has 6 nitrogen and oxygen atoms in total. The molecule has 0 saturated carbocycles. The second-order valence-corrected chi connectivity index (χ2v) is 5.81. The van der Waals surface area contributed by atoms with Gasteiger partial charge in [-0.2, -0.15) is 5.10 Å². The van der Waals surface area contributed by atoms with Gasteiger partial charge in [-0.15, -0.1) is 0 Å². The molecule has 0 aromatic carbocycles. The lowest BCUT2D eigenvalue weighted by molar-refractivity contribution is -0.124. The Morgan fingerprint density at radius 2 is 1.96 bits per heavy atom. The summed E-state index contributed by atoms with van der Waals surface area (Å²) in [6.45, 7) is 5.56. The maximum absolute atomic E-state index is 13.0. The number of amides is 1. The van der Waals surface area contributed by atoms with Crippen molar-refractivity contribution in [3.8, 4) is 0 Å². The summed E-state index contributed by atoms with van der Waals surface area (Å²) in [4.78, 5) is 14.3. The van der Waals surface area contributed by atoms with Crippen LogP contribution < -0.4 is 5.32 Å². The predicted molar refractivity (Wildman–Crippen MR) is 81.7 cm³/mol. The Kier molecular flexibility index (Phi) is 7.18. The van der Waals surface area contributed by atoms with E-state index in [-0.39, 0.29) is 0 Å². The summed E-state index contributed by atoms with van der Waals surface area (Å²) in [5.41, 5.74) is -1.45. The summed E-state index contributed by atoms with van der Waals surface area (Å²) in [5.74, 6) is -0.534. The van der Waals surface area contributed by atoms with Crippen LogP contribution in [-0.4, -0.2) is 60.0 Å². The van der Waals surface area contributed by atoms with E-state index in [4.69, 9.17) is 4.74 Å². The summed E-state index contributed by atoms with van der Waals surface area (Å²) >= 11 is 0. The molecular weight excluding hydrogens is 344 g/mol. The molecule has 1 amide bonds. The van der Waals surface area contributed by atoms with E-state index in [0.29, 0.717) is 36.9 Å². The van der Waals surface area contributed by atoms with E-state index in [1.807, 2.05) is 0 Å². The lowest BCUT2D eigenvalue weighted by Gasteiger charge is -2.26. The van der Waals surface area contributed by atoms with Crippen molar-refractivity contribution in [3.63, 3.8) is 0 Å². The van der Waals surface area contributed by atoms with E-state index < -0.39 is 36.2 Å². The van der Waals surface area contributed by atoms with Crippen molar-refractivity contribution in [2.24, 2.45) is 0 Å². The van der Waals surface area contributed by atoms with Gasteiger partial charge in [0, 0.05) is 19.6 Å². The van der Waals surface area contributed by atoms with Crippen LogP contribution in [0.2, 0.25) is 0 Å². The number of alkyl halides is 4. The van der Waals surface area contributed by atoms with E-state index in [1.165, 1.54) is 6.92 Å². The first-order chi connectivity index (χ1) is 11.9. The van der Waals surface area contributed by atoms with Crippen LogP contribution >= 0.6 is 0 Å². The molecular formula is C15H22F4N4O2. The van der Waals surface area contributed by atoms with Gasteiger partial charge in [-0.1, -0.05) is 0 Å². The van der Waals surface area contributed by atoms with E-state index in [2.05, 4.69) is 15.3 Å². The maximum Gasteiger partial charge on any atom is 0.282 e. The summed E-state index contributed by atoms with van der Waals surface area (Å²) < 4.78 is 57.2. The van der Waals surface area contributed by atoms with Crippen molar-refractivity contribution in [1.29, 1.82) is 0 Å². The fourth-order valence-electron chi connectivity index (χ4n) is 2.61. The average molecular weight is 366 g/mol. The lowest BCUT2D eigenvalue weighted by atomic mass is 10.2. The largest absolute Gasteiger partial charge is 0.379 e. The van der Waals surface area contributed by atoms with Gasteiger partial charge in [0.05, 0.1) is 13.2 Å². The molecule has 1 aliphatic rings. The van der Waals surface area contributed by atoms with Gasteiger partial charge in [-0.3, -0.25) is 14.4 Å². The van der Waals surface area contributed by atoms with Gasteiger partial charge in [-0.05, 0) is 26.0 Å². The number of rotatable bonds is 8. The van der Waals surface area contributed by atoms with Crippen molar-refractivity contribution >= 4 is 5.91 Å². The lowest BCUT2D eigenvalue weighted by Crippen LogP contribution is -2.39. The van der Waals surface area contributed by atoms with Gasteiger partial charge in [0.1, 0.15) is 17.4 Å². The number of carbonyl (C=O) groups is 1. The maximum atomic E-state index is 13.0. The first kappa shape index (κ1) is 19.6. The first-order valence-corrected chi connectivity index (χ1v) is 8.13. The molecule has 1 aromatic heterocycles. The SMILES string of the molecule is CC(C(=O)NCCCN1CCOCC1)n1nc(C(F)F)cc1C(F)F. The quantitative estimate of drug-likeness (QED) is 0.566. The zero-order valence-electron chi connectivity index (χ0n) is 13.9. The van der Waals surface area contributed by atoms with Gasteiger partial charge >= 0.3 is 0 Å². The minimum Gasteiger partial charge on any atom is -0.379 e. The van der Waals surface area contributed by atoms with Gasteiger partial charge in [0.15, 0.2) is 0 Å². The number of morpholine rings is 1. The molecule has 1 atom stereocenters. The molecule has 1 aromatic rings. The van der Waals surface area contributed by atoms with Gasteiger partial charge in [0.2, 0.25) is 5.91 Å². The van der Waals surface area contributed by atoms with Crippen LogP contribution in [0.4, 0.5) is 17.6 Å². The van der Waals surface area contributed by atoms with E-state index in [1.54, 1.807) is 0 Å². The number of hydrogen-bond acceptors (Lipinski definition) is 4. The van der Waals surface area contributed by atoms with Crippen molar-refractivity contribution in [2.75, 3.05) is 39.4 Å². The number of aromatic nitrogens is 2. The number of hydrogen-bond donors (Lipinski definition) is 1. The zero-order valence-corrected chi connectivity index (χ0v) is 13.9. The van der Waals surface area contributed by atoms with Crippen LogP contribution in [0.15, 0.2) is 6.07 Å². The molecule has 1 N–H and O–H groups in total. The Labute approximate surface area is 143 Å². The van der Waals surface area contributed by atoms with Crippen molar-refractivity contribution in [3.05, 3.63) is 17.5 Å². The van der Waals surface area contributed by atoms with Gasteiger partial charge < -0.3 is 10.1 Å². The molecule has 142 valence electrons. The molecule has 0 radical (unpaired) electrons. The monoisotopic (exact) mass is 366 g/mol. The second-order valence-electron chi connectivity index (χ2n) is 5.81. The second kappa shape index (κ2) is 9.14. The molecule has 0 bridgehead atoms. The molecule has 1 aliphatic heterocycles. The highest BCUT2D eigenvalue weighted by molar-refractivity contribution is 5.79. The molecule has 1 fully saturated rings. The average Bonchev–Trinajstić information content (AvgIpc) is 3.04. The highest BCUT2D eigenvalue weighted by Gasteiger charge is 2.26.